The molecular weight excluding hydrogens is 336 g/mol. The van der Waals surface area contributed by atoms with E-state index in [9.17, 15) is 20.1 Å². The van der Waals surface area contributed by atoms with Gasteiger partial charge in [-0.25, -0.2) is 4.79 Å². The fraction of sp³-hybridized carbons (Fsp3) is 0.550. The van der Waals surface area contributed by atoms with Crippen molar-refractivity contribution in [3.63, 3.8) is 0 Å². The van der Waals surface area contributed by atoms with Crippen LogP contribution in [0.3, 0.4) is 0 Å². The van der Waals surface area contributed by atoms with Gasteiger partial charge in [0.1, 0.15) is 11.5 Å². The van der Waals surface area contributed by atoms with E-state index in [1.807, 2.05) is 26.8 Å². The zero-order valence-corrected chi connectivity index (χ0v) is 16.0. The van der Waals surface area contributed by atoms with Crippen molar-refractivity contribution in [3.8, 4) is 5.75 Å². The van der Waals surface area contributed by atoms with E-state index >= 15 is 0 Å². The van der Waals surface area contributed by atoms with Crippen molar-refractivity contribution in [2.75, 3.05) is 7.11 Å². The maximum Gasteiger partial charge on any atom is 0.339 e. The first-order chi connectivity index (χ1) is 12.2. The maximum atomic E-state index is 11.5. The summed E-state index contributed by atoms with van der Waals surface area (Å²) in [7, 11) is 1.44. The summed E-state index contributed by atoms with van der Waals surface area (Å²) in [6.07, 6.45) is 2.80. The van der Waals surface area contributed by atoms with E-state index in [4.69, 9.17) is 9.15 Å². The molecule has 0 fully saturated rings. The Morgan fingerprint density at radius 2 is 1.88 bits per heavy atom. The first kappa shape index (κ1) is 22.2. The molecule has 0 radical (unpaired) electrons. The van der Waals surface area contributed by atoms with Crippen LogP contribution in [0.5, 0.6) is 5.75 Å². The van der Waals surface area contributed by atoms with Crippen LogP contribution in [0.1, 0.15) is 33.5 Å². The van der Waals surface area contributed by atoms with Gasteiger partial charge in [-0.2, -0.15) is 0 Å². The molecule has 1 aromatic rings. The Morgan fingerprint density at radius 3 is 2.46 bits per heavy atom. The molecule has 1 rings (SSSR count). The lowest BCUT2D eigenvalue weighted by Crippen LogP contribution is -2.30. The van der Waals surface area contributed by atoms with Gasteiger partial charge >= 0.3 is 5.63 Å². The van der Waals surface area contributed by atoms with Crippen LogP contribution < -0.4 is 10.4 Å². The molecule has 1 aromatic heterocycles. The third-order valence-corrected chi connectivity index (χ3v) is 4.62. The second-order valence-corrected chi connectivity index (χ2v) is 6.63. The van der Waals surface area contributed by atoms with Crippen molar-refractivity contribution >= 4 is 0 Å². The van der Waals surface area contributed by atoms with Crippen molar-refractivity contribution < 1.29 is 24.5 Å². The molecule has 0 aromatic carbocycles. The van der Waals surface area contributed by atoms with E-state index in [2.05, 4.69) is 0 Å². The standard InChI is InChI=1S/C20H30O6/c1-6-12(2)20(24)13(3)7-8-17(21)14(4)18(22)10-16-9-15(25-5)11-19(23)26-16/h6-9,11,13-14,17-18,20-22,24H,10H2,1-5H3/b8-7+,12-6+/t13-,14+,17+,18-,20+/m0/s1. The molecule has 0 bridgehead atoms. The molecule has 0 spiro atoms. The molecule has 6 nitrogen and oxygen atoms in total. The van der Waals surface area contributed by atoms with Crippen molar-refractivity contribution in [2.24, 2.45) is 11.8 Å². The van der Waals surface area contributed by atoms with Gasteiger partial charge in [0.2, 0.25) is 0 Å². The molecule has 0 aliphatic rings. The highest BCUT2D eigenvalue weighted by molar-refractivity contribution is 5.20. The lowest BCUT2D eigenvalue weighted by atomic mass is 9.92. The Morgan fingerprint density at radius 1 is 1.23 bits per heavy atom. The molecule has 0 unspecified atom stereocenters. The number of hydrogen-bond donors (Lipinski definition) is 3. The first-order valence-electron chi connectivity index (χ1n) is 8.73. The average molecular weight is 366 g/mol. The minimum Gasteiger partial charge on any atom is -0.496 e. The number of hydrogen-bond acceptors (Lipinski definition) is 6. The van der Waals surface area contributed by atoms with E-state index in [1.54, 1.807) is 19.1 Å². The SMILES string of the molecule is C/C=C(\C)[C@@H](O)[C@@H](C)/C=C/[C@@H](O)[C@@H](C)[C@@H](O)Cc1cc(OC)cc(=O)o1. The molecule has 6 heteroatoms. The van der Waals surface area contributed by atoms with Gasteiger partial charge in [0.05, 0.1) is 31.5 Å². The maximum absolute atomic E-state index is 11.5. The van der Waals surface area contributed by atoms with Gasteiger partial charge in [-0.15, -0.1) is 0 Å². The van der Waals surface area contributed by atoms with Gasteiger partial charge in [0.25, 0.3) is 0 Å². The number of allylic oxidation sites excluding steroid dienone is 1. The topological polar surface area (TPSA) is 100 Å². The summed E-state index contributed by atoms with van der Waals surface area (Å²) < 4.78 is 10.1. The van der Waals surface area contributed by atoms with Crippen molar-refractivity contribution in [3.05, 3.63) is 52.1 Å². The summed E-state index contributed by atoms with van der Waals surface area (Å²) in [5, 5.41) is 30.7. The molecule has 5 atom stereocenters. The number of aliphatic hydroxyl groups excluding tert-OH is 3. The number of aliphatic hydroxyl groups is 3. The van der Waals surface area contributed by atoms with Crippen LogP contribution in [0.2, 0.25) is 0 Å². The Kier molecular flexibility index (Phi) is 8.78. The van der Waals surface area contributed by atoms with Gasteiger partial charge in [-0.1, -0.05) is 32.1 Å². The molecule has 1 heterocycles. The minimum absolute atomic E-state index is 0.0777. The fourth-order valence-corrected chi connectivity index (χ4v) is 2.50. The van der Waals surface area contributed by atoms with Gasteiger partial charge in [0, 0.05) is 24.3 Å². The number of methoxy groups -OCH3 is 1. The molecule has 0 amide bonds. The first-order valence-corrected chi connectivity index (χ1v) is 8.73. The van der Waals surface area contributed by atoms with Crippen LogP contribution >= 0.6 is 0 Å². The number of rotatable bonds is 9. The van der Waals surface area contributed by atoms with Crippen LogP contribution in [-0.4, -0.2) is 40.7 Å². The molecular formula is C20H30O6. The fourth-order valence-electron chi connectivity index (χ4n) is 2.50. The Hall–Kier alpha value is -1.89. The molecule has 0 saturated carbocycles. The zero-order valence-electron chi connectivity index (χ0n) is 16.0. The van der Waals surface area contributed by atoms with E-state index in [-0.39, 0.29) is 18.1 Å². The largest absolute Gasteiger partial charge is 0.496 e. The molecule has 0 saturated heterocycles. The predicted molar refractivity (Wildman–Crippen MR) is 100 cm³/mol. The normalized spacial score (nSPS) is 18.4. The van der Waals surface area contributed by atoms with Gasteiger partial charge in [-0.05, 0) is 19.4 Å². The molecule has 146 valence electrons. The van der Waals surface area contributed by atoms with E-state index < -0.39 is 29.9 Å². The lowest BCUT2D eigenvalue weighted by Gasteiger charge is -2.22. The summed E-state index contributed by atoms with van der Waals surface area (Å²) in [4.78, 5) is 11.5. The second kappa shape index (κ2) is 10.3. The van der Waals surface area contributed by atoms with Crippen LogP contribution in [0.25, 0.3) is 0 Å². The lowest BCUT2D eigenvalue weighted by molar-refractivity contribution is 0.0416. The highest BCUT2D eigenvalue weighted by Crippen LogP contribution is 2.19. The Bertz CT molecular complexity index is 675. The van der Waals surface area contributed by atoms with Crippen molar-refractivity contribution in [1.82, 2.24) is 0 Å². The van der Waals surface area contributed by atoms with Crippen LogP contribution in [0, 0.1) is 11.8 Å². The zero-order chi connectivity index (χ0) is 19.9. The predicted octanol–water partition coefficient (Wildman–Crippen LogP) is 2.07. The van der Waals surface area contributed by atoms with Gasteiger partial charge in [-0.3, -0.25) is 0 Å². The van der Waals surface area contributed by atoms with Gasteiger partial charge in [0.15, 0.2) is 0 Å². The molecule has 3 N–H and O–H groups in total. The highest BCUT2D eigenvalue weighted by atomic mass is 16.5. The molecule has 0 aliphatic carbocycles. The van der Waals surface area contributed by atoms with Crippen LogP contribution in [0.4, 0.5) is 0 Å². The average Bonchev–Trinajstić information content (AvgIpc) is 2.62. The van der Waals surface area contributed by atoms with E-state index in [0.29, 0.717) is 5.75 Å². The summed E-state index contributed by atoms with van der Waals surface area (Å²) in [6.45, 7) is 7.27. The van der Waals surface area contributed by atoms with Crippen LogP contribution in [0.15, 0.2) is 45.1 Å². The van der Waals surface area contributed by atoms with Gasteiger partial charge < -0.3 is 24.5 Å². The van der Waals surface area contributed by atoms with E-state index in [1.165, 1.54) is 19.2 Å². The monoisotopic (exact) mass is 366 g/mol. The Balaban J connectivity index is 2.72. The quantitative estimate of drug-likeness (QED) is 0.579. The minimum atomic E-state index is -0.914. The summed E-state index contributed by atoms with van der Waals surface area (Å²) >= 11 is 0. The molecule has 0 aliphatic heterocycles. The number of ether oxygens (including phenoxy) is 1. The molecule has 26 heavy (non-hydrogen) atoms. The summed E-state index contributed by atoms with van der Waals surface area (Å²) in [5.74, 6) is -0.00686. The third-order valence-electron chi connectivity index (χ3n) is 4.62. The van der Waals surface area contributed by atoms with E-state index in [0.717, 1.165) is 5.57 Å². The van der Waals surface area contributed by atoms with Crippen LogP contribution in [-0.2, 0) is 6.42 Å². The third kappa shape index (κ3) is 6.44. The Labute approximate surface area is 154 Å². The second-order valence-electron chi connectivity index (χ2n) is 6.63. The smallest absolute Gasteiger partial charge is 0.339 e. The highest BCUT2D eigenvalue weighted by Gasteiger charge is 2.23. The van der Waals surface area contributed by atoms with Crippen molar-refractivity contribution in [1.29, 1.82) is 0 Å². The summed E-state index contributed by atoms with van der Waals surface area (Å²) in [5.41, 5.74) is 0.305. The summed E-state index contributed by atoms with van der Waals surface area (Å²) in [6, 6.07) is 2.76. The van der Waals surface area contributed by atoms with Crippen molar-refractivity contribution in [2.45, 2.75) is 52.4 Å².